The zero-order valence-electron chi connectivity index (χ0n) is 19.6. The number of carbonyl (C=O) groups is 3. The Labute approximate surface area is 199 Å². The fraction of sp³-hybridized carbons (Fsp3) is 0.346. The summed E-state index contributed by atoms with van der Waals surface area (Å²) in [5, 5.41) is 8.61. The van der Waals surface area contributed by atoms with Crippen LogP contribution >= 0.6 is 0 Å². The number of allylic oxidation sites excluding steroid dienone is 1. The van der Waals surface area contributed by atoms with Gasteiger partial charge in [-0.2, -0.15) is 0 Å². The van der Waals surface area contributed by atoms with Gasteiger partial charge in [-0.15, -0.1) is 0 Å². The second-order valence-corrected chi connectivity index (χ2v) is 8.05. The first-order chi connectivity index (χ1) is 16.5. The van der Waals surface area contributed by atoms with E-state index in [4.69, 9.17) is 9.47 Å². The third-order valence-electron chi connectivity index (χ3n) is 5.42. The summed E-state index contributed by atoms with van der Waals surface area (Å²) in [4.78, 5) is 36.4. The van der Waals surface area contributed by atoms with E-state index in [0.717, 1.165) is 25.8 Å². The van der Waals surface area contributed by atoms with E-state index in [1.54, 1.807) is 30.3 Å². The Balaban J connectivity index is 1.56. The third kappa shape index (κ3) is 7.37. The molecule has 0 spiro atoms. The molecule has 34 heavy (non-hydrogen) atoms. The largest absolute Gasteiger partial charge is 0.495 e. The van der Waals surface area contributed by atoms with Crippen molar-refractivity contribution in [2.75, 3.05) is 36.2 Å². The average Bonchev–Trinajstić information content (AvgIpc) is 2.83. The molecule has 2 aromatic carbocycles. The van der Waals surface area contributed by atoms with E-state index >= 15 is 0 Å². The fourth-order valence-electron chi connectivity index (χ4n) is 3.79. The van der Waals surface area contributed by atoms with E-state index in [-0.39, 0.29) is 5.91 Å². The zero-order chi connectivity index (χ0) is 24.3. The number of ether oxygens (including phenoxy) is 2. The summed E-state index contributed by atoms with van der Waals surface area (Å²) in [6.45, 7) is 1.65. The Hall–Kier alpha value is -3.81. The minimum Gasteiger partial charge on any atom is -0.495 e. The number of hydrogen-bond donors (Lipinski definition) is 3. The highest BCUT2D eigenvalue weighted by Gasteiger charge is 2.16. The number of anilines is 3. The molecule has 8 heteroatoms. The molecule has 0 fully saturated rings. The zero-order valence-corrected chi connectivity index (χ0v) is 19.6. The van der Waals surface area contributed by atoms with E-state index in [9.17, 15) is 14.4 Å². The van der Waals surface area contributed by atoms with Crippen molar-refractivity contribution in [1.82, 2.24) is 0 Å². The predicted octanol–water partition coefficient (Wildman–Crippen LogP) is 4.75. The maximum absolute atomic E-state index is 12.7. The lowest BCUT2D eigenvalue weighted by atomic mass is 9.97. The van der Waals surface area contributed by atoms with Crippen LogP contribution in [0.15, 0.2) is 54.1 Å². The van der Waals surface area contributed by atoms with Crippen LogP contribution in [-0.2, 0) is 14.3 Å². The van der Waals surface area contributed by atoms with Crippen molar-refractivity contribution in [1.29, 1.82) is 0 Å². The van der Waals surface area contributed by atoms with Gasteiger partial charge in [-0.1, -0.05) is 23.8 Å². The van der Waals surface area contributed by atoms with Crippen LogP contribution in [0.25, 0.3) is 0 Å². The predicted molar refractivity (Wildman–Crippen MR) is 132 cm³/mol. The number of nitrogens with one attached hydrogen (secondary N) is 3. The molecule has 2 amide bonds. The Bertz CT molecular complexity index is 1060. The van der Waals surface area contributed by atoms with E-state index in [0.29, 0.717) is 28.4 Å². The van der Waals surface area contributed by atoms with Crippen molar-refractivity contribution < 1.29 is 23.9 Å². The summed E-state index contributed by atoms with van der Waals surface area (Å²) in [6, 6.07) is 11.9. The number of rotatable bonds is 10. The van der Waals surface area contributed by atoms with Gasteiger partial charge >= 0.3 is 5.97 Å². The van der Waals surface area contributed by atoms with Crippen molar-refractivity contribution in [2.45, 2.75) is 39.0 Å². The third-order valence-corrected chi connectivity index (χ3v) is 5.42. The van der Waals surface area contributed by atoms with E-state index in [1.807, 2.05) is 12.1 Å². The standard InChI is InChI=1S/C26H31N3O5/c1-18(30)28-20-12-13-24(33-2)23(16-20)29-25(31)17-34-26(32)21-10-6-7-11-22(21)27-15-14-19-8-4-3-5-9-19/h6-8,10-13,16,27H,3-5,9,14-15,17H2,1-2H3,(H,28,30)(H,29,31). The number of benzene rings is 2. The van der Waals surface area contributed by atoms with Crippen molar-refractivity contribution in [3.8, 4) is 5.75 Å². The van der Waals surface area contributed by atoms with Gasteiger partial charge in [0.2, 0.25) is 5.91 Å². The maximum Gasteiger partial charge on any atom is 0.340 e. The molecule has 3 rings (SSSR count). The first-order valence-corrected chi connectivity index (χ1v) is 11.4. The van der Waals surface area contributed by atoms with Crippen LogP contribution < -0.4 is 20.7 Å². The SMILES string of the molecule is COc1ccc(NC(C)=O)cc1NC(=O)COC(=O)c1ccccc1NCCC1=CCCCC1. The summed E-state index contributed by atoms with van der Waals surface area (Å²) >= 11 is 0. The lowest BCUT2D eigenvalue weighted by Gasteiger charge is -2.15. The number of hydrogen-bond acceptors (Lipinski definition) is 6. The smallest absolute Gasteiger partial charge is 0.340 e. The highest BCUT2D eigenvalue weighted by Crippen LogP contribution is 2.28. The molecule has 0 atom stereocenters. The minimum atomic E-state index is -0.589. The Morgan fingerprint density at radius 1 is 1.00 bits per heavy atom. The van der Waals surface area contributed by atoms with Gasteiger partial charge in [0.05, 0.1) is 18.4 Å². The molecular weight excluding hydrogens is 434 g/mol. The van der Waals surface area contributed by atoms with Crippen molar-refractivity contribution in [3.05, 3.63) is 59.7 Å². The molecule has 1 aliphatic carbocycles. The molecule has 0 aromatic heterocycles. The Morgan fingerprint density at radius 3 is 2.56 bits per heavy atom. The van der Waals surface area contributed by atoms with Gasteiger partial charge in [-0.25, -0.2) is 4.79 Å². The maximum atomic E-state index is 12.7. The summed E-state index contributed by atoms with van der Waals surface area (Å²) in [5.74, 6) is -0.939. The molecule has 0 aliphatic heterocycles. The normalized spacial score (nSPS) is 12.8. The van der Waals surface area contributed by atoms with E-state index < -0.39 is 18.5 Å². The minimum absolute atomic E-state index is 0.237. The van der Waals surface area contributed by atoms with Gasteiger partial charge in [-0.3, -0.25) is 9.59 Å². The summed E-state index contributed by atoms with van der Waals surface area (Å²) < 4.78 is 10.5. The topological polar surface area (TPSA) is 106 Å². The molecule has 0 saturated heterocycles. The first kappa shape index (κ1) is 24.8. The Morgan fingerprint density at radius 2 is 1.82 bits per heavy atom. The van der Waals surface area contributed by atoms with Gasteiger partial charge in [0.25, 0.3) is 5.91 Å². The molecule has 0 bridgehead atoms. The van der Waals surface area contributed by atoms with Gasteiger partial charge in [0.1, 0.15) is 5.75 Å². The number of esters is 1. The number of amides is 2. The average molecular weight is 466 g/mol. The van der Waals surface area contributed by atoms with Crippen LogP contribution in [0, 0.1) is 0 Å². The van der Waals surface area contributed by atoms with Crippen LogP contribution in [0.1, 0.15) is 49.4 Å². The van der Waals surface area contributed by atoms with Crippen molar-refractivity contribution >= 4 is 34.8 Å². The molecule has 1 aliphatic rings. The molecule has 180 valence electrons. The molecule has 8 nitrogen and oxygen atoms in total. The van der Waals surface area contributed by atoms with Crippen LogP contribution in [0.5, 0.6) is 5.75 Å². The molecule has 0 saturated carbocycles. The second-order valence-electron chi connectivity index (χ2n) is 8.05. The number of methoxy groups -OCH3 is 1. The van der Waals surface area contributed by atoms with Gasteiger partial charge in [0.15, 0.2) is 6.61 Å². The number of para-hydroxylation sites is 1. The summed E-state index contributed by atoms with van der Waals surface area (Å²) in [7, 11) is 1.47. The lowest BCUT2D eigenvalue weighted by molar-refractivity contribution is -0.119. The van der Waals surface area contributed by atoms with Crippen LogP contribution in [0.2, 0.25) is 0 Å². The lowest BCUT2D eigenvalue weighted by Crippen LogP contribution is -2.22. The monoisotopic (exact) mass is 465 g/mol. The van der Waals surface area contributed by atoms with Crippen molar-refractivity contribution in [2.24, 2.45) is 0 Å². The van der Waals surface area contributed by atoms with Crippen LogP contribution in [0.4, 0.5) is 17.1 Å². The molecule has 3 N–H and O–H groups in total. The number of carbonyl (C=O) groups excluding carboxylic acids is 3. The molecule has 0 heterocycles. The van der Waals surface area contributed by atoms with Crippen LogP contribution in [0.3, 0.4) is 0 Å². The van der Waals surface area contributed by atoms with Gasteiger partial charge < -0.3 is 25.4 Å². The van der Waals surface area contributed by atoms with Crippen LogP contribution in [-0.4, -0.2) is 38.0 Å². The summed E-state index contributed by atoms with van der Waals surface area (Å²) in [6.07, 6.45) is 8.02. The molecule has 2 aromatic rings. The van der Waals surface area contributed by atoms with E-state index in [1.165, 1.54) is 32.4 Å². The molecular formula is C26H31N3O5. The van der Waals surface area contributed by atoms with Gasteiger partial charge in [0, 0.05) is 24.8 Å². The molecule has 0 radical (unpaired) electrons. The fourth-order valence-corrected chi connectivity index (χ4v) is 3.79. The Kier molecular flexibility index (Phi) is 9.08. The first-order valence-electron chi connectivity index (χ1n) is 11.4. The van der Waals surface area contributed by atoms with Crippen molar-refractivity contribution in [3.63, 3.8) is 0 Å². The molecule has 0 unspecified atom stereocenters. The quantitative estimate of drug-likeness (QED) is 0.345. The van der Waals surface area contributed by atoms with Gasteiger partial charge in [-0.05, 0) is 62.4 Å². The second kappa shape index (κ2) is 12.4. The highest BCUT2D eigenvalue weighted by atomic mass is 16.5. The van der Waals surface area contributed by atoms with E-state index in [2.05, 4.69) is 22.0 Å². The highest BCUT2D eigenvalue weighted by molar-refractivity contribution is 5.99. The summed E-state index contributed by atoms with van der Waals surface area (Å²) in [5.41, 5.74) is 3.36.